The molecular formula is C25H25BrCl2N2O4S. The molecule has 2 N–H and O–H groups in total. The number of hydrogen-bond donors (Lipinski definition) is 2. The van der Waals surface area contributed by atoms with Crippen molar-refractivity contribution in [2.45, 2.75) is 31.3 Å². The largest absolute Gasteiger partial charge is 0.496 e. The predicted molar refractivity (Wildman–Crippen MR) is 143 cm³/mol. The molecule has 0 aliphatic heterocycles. The zero-order valence-corrected chi connectivity index (χ0v) is 23.2. The maximum absolute atomic E-state index is 13.2. The summed E-state index contributed by atoms with van der Waals surface area (Å²) >= 11 is 15.9. The third-order valence-corrected chi connectivity index (χ3v) is 8.09. The maximum Gasteiger partial charge on any atom is 0.253 e. The van der Waals surface area contributed by atoms with Gasteiger partial charge in [-0.25, -0.2) is 13.1 Å². The molecule has 0 aliphatic rings. The Morgan fingerprint density at radius 1 is 1.03 bits per heavy atom. The number of para-hydroxylation sites is 1. The molecule has 3 rings (SSSR count). The number of methoxy groups -OCH3 is 1. The summed E-state index contributed by atoms with van der Waals surface area (Å²) < 4.78 is 34.9. The summed E-state index contributed by atoms with van der Waals surface area (Å²) in [6.45, 7) is 3.94. The third-order valence-electron chi connectivity index (χ3n) is 5.38. The minimum absolute atomic E-state index is 0.0106. The predicted octanol–water partition coefficient (Wildman–Crippen LogP) is 6.37. The fourth-order valence-corrected chi connectivity index (χ4v) is 5.66. The summed E-state index contributed by atoms with van der Waals surface area (Å²) in [5, 5.41) is 2.93. The minimum atomic E-state index is -4.07. The number of amides is 1. The highest BCUT2D eigenvalue weighted by molar-refractivity contribution is 9.10. The first-order valence-corrected chi connectivity index (χ1v) is 13.7. The van der Waals surface area contributed by atoms with Gasteiger partial charge in [0.1, 0.15) is 10.6 Å². The van der Waals surface area contributed by atoms with Crippen molar-refractivity contribution in [2.24, 2.45) is 5.92 Å². The van der Waals surface area contributed by atoms with Crippen LogP contribution in [0.15, 0.2) is 70.0 Å². The highest BCUT2D eigenvalue weighted by Gasteiger charge is 2.25. The van der Waals surface area contributed by atoms with Crippen LogP contribution in [0.2, 0.25) is 10.0 Å². The molecule has 0 saturated heterocycles. The van der Waals surface area contributed by atoms with Gasteiger partial charge in [0.05, 0.1) is 28.8 Å². The van der Waals surface area contributed by atoms with E-state index in [1.54, 1.807) is 24.3 Å². The van der Waals surface area contributed by atoms with Crippen LogP contribution in [0.3, 0.4) is 0 Å². The fourth-order valence-electron chi connectivity index (χ4n) is 3.53. The zero-order valence-electron chi connectivity index (χ0n) is 19.3. The SMILES string of the molecule is COc1ccccc1CNS(=O)(=O)c1cc(C(=O)NC(c2ccc(Br)cc2)C(C)C)c(Cl)cc1Cl. The van der Waals surface area contributed by atoms with E-state index in [9.17, 15) is 13.2 Å². The lowest BCUT2D eigenvalue weighted by molar-refractivity contribution is 0.0925. The molecule has 3 aromatic carbocycles. The minimum Gasteiger partial charge on any atom is -0.496 e. The molecule has 0 heterocycles. The second kappa shape index (κ2) is 11.8. The first kappa shape index (κ1) is 27.5. The van der Waals surface area contributed by atoms with Crippen molar-refractivity contribution in [3.63, 3.8) is 0 Å². The Hall–Kier alpha value is -2.10. The molecule has 1 unspecified atom stereocenters. The summed E-state index contributed by atoms with van der Waals surface area (Å²) in [6, 6.07) is 16.8. The lowest BCUT2D eigenvalue weighted by Crippen LogP contribution is -2.32. The quantitative estimate of drug-likeness (QED) is 0.299. The number of carbonyl (C=O) groups excluding carboxylic acids is 1. The van der Waals surface area contributed by atoms with E-state index < -0.39 is 15.9 Å². The van der Waals surface area contributed by atoms with Gasteiger partial charge in [0.2, 0.25) is 10.0 Å². The number of carbonyl (C=O) groups is 1. The van der Waals surface area contributed by atoms with Crippen molar-refractivity contribution < 1.29 is 17.9 Å². The molecule has 10 heteroatoms. The summed E-state index contributed by atoms with van der Waals surface area (Å²) in [4.78, 5) is 13.0. The van der Waals surface area contributed by atoms with Gasteiger partial charge in [-0.2, -0.15) is 0 Å². The van der Waals surface area contributed by atoms with Crippen molar-refractivity contribution in [3.8, 4) is 5.75 Å². The lowest BCUT2D eigenvalue weighted by Gasteiger charge is -2.23. The Balaban J connectivity index is 1.88. The molecule has 1 atom stereocenters. The van der Waals surface area contributed by atoms with Crippen molar-refractivity contribution in [3.05, 3.63) is 91.9 Å². The molecule has 6 nitrogen and oxygen atoms in total. The summed E-state index contributed by atoms with van der Waals surface area (Å²) in [5.74, 6) is 0.108. The Morgan fingerprint density at radius 3 is 2.31 bits per heavy atom. The second-order valence-electron chi connectivity index (χ2n) is 8.15. The first-order valence-electron chi connectivity index (χ1n) is 10.7. The van der Waals surface area contributed by atoms with Gasteiger partial charge in [0, 0.05) is 16.6 Å². The van der Waals surface area contributed by atoms with Gasteiger partial charge in [-0.3, -0.25) is 4.79 Å². The van der Waals surface area contributed by atoms with Crippen LogP contribution in [0.5, 0.6) is 5.75 Å². The van der Waals surface area contributed by atoms with Crippen LogP contribution in [-0.4, -0.2) is 21.4 Å². The Kier molecular flexibility index (Phi) is 9.23. The highest BCUT2D eigenvalue weighted by atomic mass is 79.9. The Morgan fingerprint density at radius 2 is 1.69 bits per heavy atom. The van der Waals surface area contributed by atoms with Gasteiger partial charge in [-0.15, -0.1) is 0 Å². The Labute approximate surface area is 224 Å². The maximum atomic E-state index is 13.2. The molecule has 35 heavy (non-hydrogen) atoms. The van der Waals surface area contributed by atoms with E-state index in [1.807, 2.05) is 38.1 Å². The zero-order chi connectivity index (χ0) is 25.8. The van der Waals surface area contributed by atoms with E-state index >= 15 is 0 Å². The van der Waals surface area contributed by atoms with E-state index in [4.69, 9.17) is 27.9 Å². The third kappa shape index (κ3) is 6.77. The molecule has 0 spiro atoms. The van der Waals surface area contributed by atoms with Crippen LogP contribution in [0.1, 0.15) is 41.4 Å². The van der Waals surface area contributed by atoms with Gasteiger partial charge in [0.15, 0.2) is 0 Å². The Bertz CT molecular complexity index is 1320. The topological polar surface area (TPSA) is 84.5 Å². The monoisotopic (exact) mass is 598 g/mol. The van der Waals surface area contributed by atoms with Crippen molar-refractivity contribution in [1.29, 1.82) is 0 Å². The van der Waals surface area contributed by atoms with Gasteiger partial charge in [0.25, 0.3) is 5.91 Å². The molecule has 186 valence electrons. The van der Waals surface area contributed by atoms with E-state index in [0.29, 0.717) is 11.3 Å². The molecule has 1 amide bonds. The number of rotatable bonds is 9. The standard InChI is InChI=1S/C25H25BrCl2N2O4S/c1-15(2)24(16-8-10-18(26)11-9-16)30-25(31)19-12-23(21(28)13-20(19)27)35(32,33)29-14-17-6-4-5-7-22(17)34-3/h4-13,15,24,29H,14H2,1-3H3,(H,30,31). The van der Waals surface area contributed by atoms with Crippen LogP contribution in [0, 0.1) is 5.92 Å². The molecule has 0 fully saturated rings. The number of hydrogen-bond acceptors (Lipinski definition) is 4. The molecule has 0 radical (unpaired) electrons. The first-order chi connectivity index (χ1) is 16.5. The number of nitrogens with one attached hydrogen (secondary N) is 2. The molecule has 0 aliphatic carbocycles. The average molecular weight is 600 g/mol. The smallest absolute Gasteiger partial charge is 0.253 e. The van der Waals surface area contributed by atoms with Gasteiger partial charge in [-0.1, -0.05) is 83.3 Å². The number of benzene rings is 3. The van der Waals surface area contributed by atoms with Crippen LogP contribution in [-0.2, 0) is 16.6 Å². The van der Waals surface area contributed by atoms with E-state index in [1.165, 1.54) is 19.2 Å². The van der Waals surface area contributed by atoms with Crippen molar-refractivity contribution >= 4 is 55.1 Å². The van der Waals surface area contributed by atoms with Gasteiger partial charge in [-0.05, 0) is 41.8 Å². The fraction of sp³-hybridized carbons (Fsp3) is 0.240. The molecule has 0 saturated carbocycles. The van der Waals surface area contributed by atoms with Gasteiger partial charge < -0.3 is 10.1 Å². The van der Waals surface area contributed by atoms with Crippen LogP contribution in [0.25, 0.3) is 0 Å². The normalized spacial score (nSPS) is 12.4. The second-order valence-corrected chi connectivity index (χ2v) is 11.6. The lowest BCUT2D eigenvalue weighted by atomic mass is 9.95. The van der Waals surface area contributed by atoms with E-state index in [0.717, 1.165) is 10.0 Å². The van der Waals surface area contributed by atoms with E-state index in [-0.39, 0.29) is 39.0 Å². The summed E-state index contributed by atoms with van der Waals surface area (Å²) in [7, 11) is -2.56. The number of sulfonamides is 1. The molecule has 0 aromatic heterocycles. The number of halogens is 3. The average Bonchev–Trinajstić information content (AvgIpc) is 2.81. The van der Waals surface area contributed by atoms with Crippen molar-refractivity contribution in [1.82, 2.24) is 10.0 Å². The van der Waals surface area contributed by atoms with Gasteiger partial charge >= 0.3 is 0 Å². The van der Waals surface area contributed by atoms with E-state index in [2.05, 4.69) is 26.0 Å². The summed E-state index contributed by atoms with van der Waals surface area (Å²) in [6.07, 6.45) is 0. The van der Waals surface area contributed by atoms with Crippen LogP contribution in [0.4, 0.5) is 0 Å². The molecular weight excluding hydrogens is 575 g/mol. The summed E-state index contributed by atoms with van der Waals surface area (Å²) in [5.41, 5.74) is 1.57. The molecule has 0 bridgehead atoms. The number of ether oxygens (including phenoxy) is 1. The van der Waals surface area contributed by atoms with Crippen LogP contribution < -0.4 is 14.8 Å². The highest BCUT2D eigenvalue weighted by Crippen LogP contribution is 2.31. The van der Waals surface area contributed by atoms with Crippen molar-refractivity contribution in [2.75, 3.05) is 7.11 Å². The van der Waals surface area contributed by atoms with Crippen LogP contribution >= 0.6 is 39.1 Å². The molecule has 3 aromatic rings.